The molecule has 38 valence electrons. The lowest BCUT2D eigenvalue weighted by Crippen LogP contribution is -2.01. The van der Waals surface area contributed by atoms with E-state index in [9.17, 15) is 0 Å². The lowest BCUT2D eigenvalue weighted by molar-refractivity contribution is 0.943. The van der Waals surface area contributed by atoms with Crippen LogP contribution in [0.15, 0.2) is 0 Å². The zero-order valence-corrected chi connectivity index (χ0v) is 7.64. The van der Waals surface area contributed by atoms with Crippen molar-refractivity contribution in [2.45, 2.75) is 8.35 Å². The Labute approximate surface area is 65.3 Å². The minimum absolute atomic E-state index is 0.713. The highest BCUT2D eigenvalue weighted by Gasteiger charge is 1.90. The summed E-state index contributed by atoms with van der Waals surface area (Å²) in [6.45, 7) is 0.816. The summed E-state index contributed by atoms with van der Waals surface area (Å²) >= 11 is 4.70. The smallest absolute Gasteiger partial charge is 0.0638 e. The maximum atomic E-state index is 5.22. The first-order valence-corrected chi connectivity index (χ1v) is 4.24. The third-order valence-electron chi connectivity index (χ3n) is 0.385. The van der Waals surface area contributed by atoms with Gasteiger partial charge in [0.15, 0.2) is 0 Å². The van der Waals surface area contributed by atoms with Gasteiger partial charge in [0.25, 0.3) is 0 Å². The summed E-state index contributed by atoms with van der Waals surface area (Å²) in [5.41, 5.74) is 5.22. The summed E-state index contributed by atoms with van der Waals surface area (Å²) in [5, 5.41) is 0. The van der Waals surface area contributed by atoms with Crippen molar-refractivity contribution in [2.75, 3.05) is 6.54 Å². The second-order valence-electron chi connectivity index (χ2n) is 0.968. The molecule has 0 aliphatic heterocycles. The predicted molar refractivity (Wildman–Crippen MR) is 45.5 cm³/mol. The van der Waals surface area contributed by atoms with Crippen molar-refractivity contribution in [3.05, 3.63) is 0 Å². The minimum atomic E-state index is 0.713. The van der Waals surface area contributed by atoms with Crippen LogP contribution in [0.25, 0.3) is 0 Å². The molecule has 1 nitrogen and oxygen atoms in total. The second-order valence-corrected chi connectivity index (χ2v) is 6.36. The van der Waals surface area contributed by atoms with Gasteiger partial charge in [-0.25, -0.2) is 0 Å². The van der Waals surface area contributed by atoms with Crippen molar-refractivity contribution in [1.29, 1.82) is 0 Å². The SMILES string of the molecule is NCCC(I)I. The van der Waals surface area contributed by atoms with Gasteiger partial charge in [0, 0.05) is 0 Å². The van der Waals surface area contributed by atoms with Gasteiger partial charge in [0.1, 0.15) is 0 Å². The Morgan fingerprint density at radius 3 is 2.00 bits per heavy atom. The van der Waals surface area contributed by atoms with Crippen LogP contribution in [0, 0.1) is 0 Å². The molecule has 0 saturated heterocycles. The van der Waals surface area contributed by atoms with E-state index in [1.165, 1.54) is 0 Å². The fourth-order valence-corrected chi connectivity index (χ4v) is 0.845. The normalized spacial score (nSPS) is 10.0. The first-order chi connectivity index (χ1) is 2.77. The average molecular weight is 311 g/mol. The van der Waals surface area contributed by atoms with E-state index in [-0.39, 0.29) is 0 Å². The maximum Gasteiger partial charge on any atom is 0.0638 e. The molecule has 0 bridgehead atoms. The highest BCUT2D eigenvalue weighted by Crippen LogP contribution is 2.11. The summed E-state index contributed by atoms with van der Waals surface area (Å²) in [6, 6.07) is 0. The number of nitrogens with two attached hydrogens (primary N) is 1. The molecule has 0 aliphatic carbocycles. The monoisotopic (exact) mass is 311 g/mol. The first kappa shape index (κ1) is 7.42. The zero-order chi connectivity index (χ0) is 4.99. The van der Waals surface area contributed by atoms with Gasteiger partial charge in [0.2, 0.25) is 0 Å². The van der Waals surface area contributed by atoms with E-state index >= 15 is 0 Å². The quantitative estimate of drug-likeness (QED) is 0.607. The number of alkyl halides is 2. The average Bonchev–Trinajstić information content (AvgIpc) is 1.35. The molecular weight excluding hydrogens is 304 g/mol. The fraction of sp³-hybridized carbons (Fsp3) is 1.00. The number of rotatable bonds is 2. The van der Waals surface area contributed by atoms with Gasteiger partial charge in [-0.3, -0.25) is 0 Å². The molecule has 3 heteroatoms. The molecule has 0 atom stereocenters. The Bertz CT molecular complexity index is 30.0. The molecule has 0 rings (SSSR count). The van der Waals surface area contributed by atoms with E-state index in [2.05, 4.69) is 45.2 Å². The Balaban J connectivity index is 2.63. The number of hydrogen-bond acceptors (Lipinski definition) is 1. The Morgan fingerprint density at radius 1 is 1.50 bits per heavy atom. The van der Waals surface area contributed by atoms with Crippen LogP contribution in [-0.2, 0) is 0 Å². The standard InChI is InChI=1S/C3H7I2N/c4-3(5)1-2-6/h3H,1-2,6H2. The third-order valence-corrected chi connectivity index (χ3v) is 1.63. The summed E-state index contributed by atoms with van der Waals surface area (Å²) in [7, 11) is 0. The lowest BCUT2D eigenvalue weighted by Gasteiger charge is -1.92. The van der Waals surface area contributed by atoms with Crippen molar-refractivity contribution in [3.63, 3.8) is 0 Å². The number of hydrogen-bond donors (Lipinski definition) is 1. The molecule has 0 saturated carbocycles. The van der Waals surface area contributed by atoms with Crippen LogP contribution < -0.4 is 5.73 Å². The van der Waals surface area contributed by atoms with Gasteiger partial charge >= 0.3 is 0 Å². The molecular formula is C3H7I2N. The fourth-order valence-electron chi connectivity index (χ4n) is 0.126. The minimum Gasteiger partial charge on any atom is -0.330 e. The molecule has 0 amide bonds. The van der Waals surface area contributed by atoms with E-state index in [0.29, 0.717) is 1.93 Å². The van der Waals surface area contributed by atoms with Crippen LogP contribution in [0.3, 0.4) is 0 Å². The van der Waals surface area contributed by atoms with E-state index in [4.69, 9.17) is 5.73 Å². The second kappa shape index (κ2) is 4.58. The van der Waals surface area contributed by atoms with Crippen molar-refractivity contribution in [3.8, 4) is 0 Å². The first-order valence-electron chi connectivity index (χ1n) is 1.75. The molecule has 0 spiro atoms. The third kappa shape index (κ3) is 5.42. The van der Waals surface area contributed by atoms with Crippen molar-refractivity contribution in [2.24, 2.45) is 5.73 Å². The predicted octanol–water partition coefficient (Wildman–Crippen LogP) is 1.53. The van der Waals surface area contributed by atoms with Gasteiger partial charge in [0.05, 0.1) is 1.93 Å². The summed E-state index contributed by atoms with van der Waals surface area (Å²) in [6.07, 6.45) is 1.13. The van der Waals surface area contributed by atoms with E-state index in [0.717, 1.165) is 13.0 Å². The Hall–Kier alpha value is 1.42. The van der Waals surface area contributed by atoms with E-state index < -0.39 is 0 Å². The van der Waals surface area contributed by atoms with Gasteiger partial charge in [-0.2, -0.15) is 0 Å². The molecule has 6 heavy (non-hydrogen) atoms. The molecule has 0 aromatic heterocycles. The molecule has 0 aromatic rings. The largest absolute Gasteiger partial charge is 0.330 e. The highest BCUT2D eigenvalue weighted by molar-refractivity contribution is 14.2. The zero-order valence-electron chi connectivity index (χ0n) is 3.32. The number of halogens is 2. The van der Waals surface area contributed by atoms with Gasteiger partial charge in [-0.05, 0) is 13.0 Å². The van der Waals surface area contributed by atoms with Crippen LogP contribution in [0.5, 0.6) is 0 Å². The topological polar surface area (TPSA) is 26.0 Å². The van der Waals surface area contributed by atoms with Crippen LogP contribution in [0.1, 0.15) is 6.42 Å². The summed E-state index contributed by atoms with van der Waals surface area (Å²) < 4.78 is 0.713. The summed E-state index contributed by atoms with van der Waals surface area (Å²) in [5.74, 6) is 0. The summed E-state index contributed by atoms with van der Waals surface area (Å²) in [4.78, 5) is 0. The molecule has 0 aromatic carbocycles. The van der Waals surface area contributed by atoms with Crippen molar-refractivity contribution >= 4 is 45.2 Å². The van der Waals surface area contributed by atoms with E-state index in [1.54, 1.807) is 0 Å². The molecule has 0 aliphatic rings. The van der Waals surface area contributed by atoms with Crippen molar-refractivity contribution in [1.82, 2.24) is 0 Å². The molecule has 0 unspecified atom stereocenters. The van der Waals surface area contributed by atoms with E-state index in [1.807, 2.05) is 0 Å². The van der Waals surface area contributed by atoms with Crippen molar-refractivity contribution < 1.29 is 0 Å². The van der Waals surface area contributed by atoms with Crippen LogP contribution in [0.2, 0.25) is 0 Å². The molecule has 0 heterocycles. The van der Waals surface area contributed by atoms with Gasteiger partial charge in [-0.15, -0.1) is 0 Å². The van der Waals surface area contributed by atoms with Gasteiger partial charge < -0.3 is 5.73 Å². The van der Waals surface area contributed by atoms with Crippen LogP contribution >= 0.6 is 45.2 Å². The lowest BCUT2D eigenvalue weighted by atomic mass is 10.5. The molecule has 0 fully saturated rings. The van der Waals surface area contributed by atoms with Crippen LogP contribution in [0.4, 0.5) is 0 Å². The maximum absolute atomic E-state index is 5.22. The van der Waals surface area contributed by atoms with Gasteiger partial charge in [-0.1, -0.05) is 45.2 Å². The Morgan fingerprint density at radius 2 is 2.00 bits per heavy atom. The molecule has 0 radical (unpaired) electrons. The Kier molecular flexibility index (Phi) is 5.66. The molecule has 2 N–H and O–H groups in total. The highest BCUT2D eigenvalue weighted by atomic mass is 127. The van der Waals surface area contributed by atoms with Crippen LogP contribution in [-0.4, -0.2) is 8.48 Å².